The minimum atomic E-state index is -0.127. The van der Waals surface area contributed by atoms with E-state index in [1.54, 1.807) is 12.2 Å². The van der Waals surface area contributed by atoms with Gasteiger partial charge in [-0.15, -0.1) is 0 Å². The summed E-state index contributed by atoms with van der Waals surface area (Å²) >= 11 is 0. The first-order valence-corrected chi connectivity index (χ1v) is 4.11. The van der Waals surface area contributed by atoms with Gasteiger partial charge in [-0.25, -0.2) is 0 Å². The topological polar surface area (TPSA) is 38.3 Å². The van der Waals surface area contributed by atoms with Gasteiger partial charge in [0, 0.05) is 6.54 Å². The lowest BCUT2D eigenvalue weighted by atomic mass is 9.98. The summed E-state index contributed by atoms with van der Waals surface area (Å²) in [5, 5.41) is 3.13. The van der Waals surface area contributed by atoms with Crippen LogP contribution in [-0.2, 0) is 9.53 Å². The average Bonchev–Trinajstić information content (AvgIpc) is 2.57. The molecule has 1 aliphatic carbocycles. The van der Waals surface area contributed by atoms with Crippen molar-refractivity contribution >= 4 is 5.78 Å². The van der Waals surface area contributed by atoms with Crippen molar-refractivity contribution in [3.05, 3.63) is 24.3 Å². The maximum Gasteiger partial charge on any atom is 0.166 e. The standard InChI is InChI=1S/C9H11NO2/c11-8-4-2-1-3-7(8)9-10-5-6-12-9/h1-4,7,9-10H,5-6H2. The Morgan fingerprint density at radius 1 is 1.50 bits per heavy atom. The van der Waals surface area contributed by atoms with Gasteiger partial charge in [0.15, 0.2) is 5.78 Å². The molecule has 1 fully saturated rings. The van der Waals surface area contributed by atoms with Gasteiger partial charge < -0.3 is 4.74 Å². The first-order chi connectivity index (χ1) is 5.88. The fraction of sp³-hybridized carbons (Fsp3) is 0.444. The zero-order valence-corrected chi connectivity index (χ0v) is 6.69. The Morgan fingerprint density at radius 2 is 2.42 bits per heavy atom. The number of ether oxygens (including phenoxy) is 1. The van der Waals surface area contributed by atoms with E-state index >= 15 is 0 Å². The van der Waals surface area contributed by atoms with Crippen LogP contribution in [0.4, 0.5) is 0 Å². The summed E-state index contributed by atoms with van der Waals surface area (Å²) < 4.78 is 5.35. The molecule has 0 saturated carbocycles. The lowest BCUT2D eigenvalue weighted by molar-refractivity contribution is -0.120. The van der Waals surface area contributed by atoms with Crippen LogP contribution >= 0.6 is 0 Å². The summed E-state index contributed by atoms with van der Waals surface area (Å²) in [5.41, 5.74) is 0. The molecule has 2 unspecified atom stereocenters. The third kappa shape index (κ3) is 1.33. The third-order valence-electron chi connectivity index (χ3n) is 2.09. The van der Waals surface area contributed by atoms with E-state index in [4.69, 9.17) is 4.74 Å². The molecule has 2 rings (SSSR count). The highest BCUT2D eigenvalue weighted by molar-refractivity contribution is 5.94. The molecule has 0 aromatic rings. The van der Waals surface area contributed by atoms with E-state index < -0.39 is 0 Å². The van der Waals surface area contributed by atoms with Gasteiger partial charge in [0.25, 0.3) is 0 Å². The SMILES string of the molecule is O=C1C=CC=CC1C1NCCO1. The summed E-state index contributed by atoms with van der Waals surface area (Å²) in [5.74, 6) is -0.00519. The van der Waals surface area contributed by atoms with Crippen LogP contribution in [0, 0.1) is 5.92 Å². The molecule has 64 valence electrons. The van der Waals surface area contributed by atoms with E-state index in [0.717, 1.165) is 6.54 Å². The number of hydrogen-bond donors (Lipinski definition) is 1. The maximum atomic E-state index is 11.3. The Kier molecular flexibility index (Phi) is 2.06. The molecule has 1 saturated heterocycles. The molecule has 12 heavy (non-hydrogen) atoms. The van der Waals surface area contributed by atoms with Crippen LogP contribution in [0.2, 0.25) is 0 Å². The van der Waals surface area contributed by atoms with Crippen LogP contribution in [0.3, 0.4) is 0 Å². The molecule has 1 N–H and O–H groups in total. The smallest absolute Gasteiger partial charge is 0.166 e. The Hall–Kier alpha value is -0.930. The summed E-state index contributed by atoms with van der Waals surface area (Å²) in [6.45, 7) is 1.54. The van der Waals surface area contributed by atoms with Crippen LogP contribution in [0.1, 0.15) is 0 Å². The number of allylic oxidation sites excluding steroid dienone is 3. The molecule has 0 radical (unpaired) electrons. The number of hydrogen-bond acceptors (Lipinski definition) is 3. The summed E-state index contributed by atoms with van der Waals surface area (Å²) in [4.78, 5) is 11.3. The zero-order chi connectivity index (χ0) is 8.39. The quantitative estimate of drug-likeness (QED) is 0.605. The number of rotatable bonds is 1. The van der Waals surface area contributed by atoms with Gasteiger partial charge in [-0.05, 0) is 6.08 Å². The van der Waals surface area contributed by atoms with Crippen LogP contribution in [0.15, 0.2) is 24.3 Å². The molecule has 3 nitrogen and oxygen atoms in total. The largest absolute Gasteiger partial charge is 0.361 e. The number of nitrogens with one attached hydrogen (secondary N) is 1. The van der Waals surface area contributed by atoms with E-state index in [1.807, 2.05) is 12.2 Å². The zero-order valence-electron chi connectivity index (χ0n) is 6.69. The highest BCUT2D eigenvalue weighted by atomic mass is 16.5. The highest BCUT2D eigenvalue weighted by Crippen LogP contribution is 2.15. The van der Waals surface area contributed by atoms with Gasteiger partial charge in [0.2, 0.25) is 0 Å². The molecule has 1 aliphatic heterocycles. The first-order valence-electron chi connectivity index (χ1n) is 4.11. The van der Waals surface area contributed by atoms with Crippen molar-refractivity contribution in [2.24, 2.45) is 5.92 Å². The molecule has 2 aliphatic rings. The molecular weight excluding hydrogens is 154 g/mol. The third-order valence-corrected chi connectivity index (χ3v) is 2.09. The molecule has 1 heterocycles. The highest BCUT2D eigenvalue weighted by Gasteiger charge is 2.28. The van der Waals surface area contributed by atoms with Crippen LogP contribution in [0.5, 0.6) is 0 Å². The van der Waals surface area contributed by atoms with Crippen molar-refractivity contribution < 1.29 is 9.53 Å². The Balaban J connectivity index is 2.07. The second-order valence-electron chi connectivity index (χ2n) is 2.92. The van der Waals surface area contributed by atoms with Crippen molar-refractivity contribution in [2.45, 2.75) is 6.23 Å². The van der Waals surface area contributed by atoms with Crippen molar-refractivity contribution in [1.82, 2.24) is 5.32 Å². The molecule has 3 heteroatoms. The minimum absolute atomic E-state index is 0.112. The van der Waals surface area contributed by atoms with Crippen molar-refractivity contribution in [1.29, 1.82) is 0 Å². The molecule has 0 amide bonds. The van der Waals surface area contributed by atoms with Crippen LogP contribution < -0.4 is 5.32 Å². The molecule has 0 aromatic carbocycles. The van der Waals surface area contributed by atoms with Crippen LogP contribution in [-0.4, -0.2) is 25.2 Å². The normalized spacial score (nSPS) is 34.5. The second-order valence-corrected chi connectivity index (χ2v) is 2.92. The van der Waals surface area contributed by atoms with Gasteiger partial charge in [-0.1, -0.05) is 18.2 Å². The maximum absolute atomic E-state index is 11.3. The Morgan fingerprint density at radius 3 is 3.08 bits per heavy atom. The predicted molar refractivity (Wildman–Crippen MR) is 44.5 cm³/mol. The van der Waals surface area contributed by atoms with E-state index in [-0.39, 0.29) is 17.9 Å². The van der Waals surface area contributed by atoms with Crippen molar-refractivity contribution in [3.63, 3.8) is 0 Å². The van der Waals surface area contributed by atoms with Crippen LogP contribution in [0.25, 0.3) is 0 Å². The molecule has 0 aromatic heterocycles. The molecule has 0 bridgehead atoms. The van der Waals surface area contributed by atoms with Crippen molar-refractivity contribution in [2.75, 3.05) is 13.2 Å². The minimum Gasteiger partial charge on any atom is -0.361 e. The fourth-order valence-corrected chi connectivity index (χ4v) is 1.47. The first kappa shape index (κ1) is 7.71. The monoisotopic (exact) mass is 165 g/mol. The number of ketones is 1. The van der Waals surface area contributed by atoms with Gasteiger partial charge in [0.05, 0.1) is 12.5 Å². The number of carbonyl (C=O) groups excluding carboxylic acids is 1. The van der Waals surface area contributed by atoms with Gasteiger partial charge in [-0.2, -0.15) is 0 Å². The van der Waals surface area contributed by atoms with E-state index in [1.165, 1.54) is 0 Å². The molecule has 0 spiro atoms. The van der Waals surface area contributed by atoms with Gasteiger partial charge in [0.1, 0.15) is 6.23 Å². The summed E-state index contributed by atoms with van der Waals surface area (Å²) in [6, 6.07) is 0. The van der Waals surface area contributed by atoms with Crippen molar-refractivity contribution in [3.8, 4) is 0 Å². The lowest BCUT2D eigenvalue weighted by Crippen LogP contribution is -2.35. The lowest BCUT2D eigenvalue weighted by Gasteiger charge is -2.18. The number of carbonyl (C=O) groups is 1. The Labute approximate surface area is 71.1 Å². The van der Waals surface area contributed by atoms with E-state index in [9.17, 15) is 4.79 Å². The van der Waals surface area contributed by atoms with Gasteiger partial charge >= 0.3 is 0 Å². The van der Waals surface area contributed by atoms with E-state index in [2.05, 4.69) is 5.32 Å². The van der Waals surface area contributed by atoms with Gasteiger partial charge in [-0.3, -0.25) is 10.1 Å². The summed E-state index contributed by atoms with van der Waals surface area (Å²) in [7, 11) is 0. The molecule has 2 atom stereocenters. The molecular formula is C9H11NO2. The second kappa shape index (κ2) is 3.21. The fourth-order valence-electron chi connectivity index (χ4n) is 1.47. The average molecular weight is 165 g/mol. The summed E-state index contributed by atoms with van der Waals surface area (Å²) in [6.07, 6.45) is 7.00. The van der Waals surface area contributed by atoms with E-state index in [0.29, 0.717) is 6.61 Å². The Bertz CT molecular complexity index is 239. The predicted octanol–water partition coefficient (Wildman–Crippen LogP) is 0.244.